The van der Waals surface area contributed by atoms with E-state index in [4.69, 9.17) is 0 Å². The highest BCUT2D eigenvalue weighted by molar-refractivity contribution is 7.16. The summed E-state index contributed by atoms with van der Waals surface area (Å²) in [5.74, 6) is 0.114. The predicted molar refractivity (Wildman–Crippen MR) is 90.2 cm³/mol. The lowest BCUT2D eigenvalue weighted by atomic mass is 10.2. The summed E-state index contributed by atoms with van der Waals surface area (Å²) in [6, 6.07) is 10.6. The number of hydrogen-bond donors (Lipinski definition) is 0. The van der Waals surface area contributed by atoms with Crippen molar-refractivity contribution in [3.05, 3.63) is 41.4 Å². The number of rotatable bonds is 3. The van der Waals surface area contributed by atoms with Gasteiger partial charge in [0.25, 0.3) is 5.91 Å². The smallest absolute Gasteiger partial charge is 0.265 e. The first-order valence-corrected chi connectivity index (χ1v) is 8.51. The molecule has 5 heteroatoms. The summed E-state index contributed by atoms with van der Waals surface area (Å²) in [6.07, 6.45) is 1.71. The molecule has 1 fully saturated rings. The molecule has 2 aromatic rings. The minimum absolute atomic E-state index is 0.114. The summed E-state index contributed by atoms with van der Waals surface area (Å²) < 4.78 is 0. The summed E-state index contributed by atoms with van der Waals surface area (Å²) in [5.41, 5.74) is 1.07. The van der Waals surface area contributed by atoms with Gasteiger partial charge < -0.3 is 4.90 Å². The van der Waals surface area contributed by atoms with Crippen LogP contribution in [0.3, 0.4) is 0 Å². The monoisotopic (exact) mass is 315 g/mol. The van der Waals surface area contributed by atoms with E-state index in [0.29, 0.717) is 6.04 Å². The average Bonchev–Trinajstić information content (AvgIpc) is 3.05. The van der Waals surface area contributed by atoms with Gasteiger partial charge in [-0.1, -0.05) is 30.3 Å². The number of amides is 1. The average molecular weight is 315 g/mol. The van der Waals surface area contributed by atoms with Gasteiger partial charge in [0.05, 0.1) is 6.20 Å². The summed E-state index contributed by atoms with van der Waals surface area (Å²) in [5, 5.41) is 0.907. The SMILES string of the molecule is CC(C)N1CCN(C(=O)c2cnc(-c3ccccc3)s2)CC1. The summed E-state index contributed by atoms with van der Waals surface area (Å²) >= 11 is 1.48. The Morgan fingerprint density at radius 2 is 1.82 bits per heavy atom. The maximum Gasteiger partial charge on any atom is 0.265 e. The van der Waals surface area contributed by atoms with Gasteiger partial charge >= 0.3 is 0 Å². The molecule has 0 bridgehead atoms. The Hall–Kier alpha value is -1.72. The van der Waals surface area contributed by atoms with Gasteiger partial charge in [0.1, 0.15) is 9.88 Å². The van der Waals surface area contributed by atoms with Gasteiger partial charge in [0.15, 0.2) is 0 Å². The minimum Gasteiger partial charge on any atom is -0.335 e. The Morgan fingerprint density at radius 1 is 1.14 bits per heavy atom. The van der Waals surface area contributed by atoms with Crippen LogP contribution < -0.4 is 0 Å². The number of hydrogen-bond acceptors (Lipinski definition) is 4. The zero-order valence-electron chi connectivity index (χ0n) is 13.0. The van der Waals surface area contributed by atoms with E-state index in [1.165, 1.54) is 11.3 Å². The fourth-order valence-corrected chi connectivity index (χ4v) is 3.57. The van der Waals surface area contributed by atoms with Crippen LogP contribution in [-0.4, -0.2) is 52.9 Å². The highest BCUT2D eigenvalue weighted by Crippen LogP contribution is 2.26. The topological polar surface area (TPSA) is 36.4 Å². The van der Waals surface area contributed by atoms with Crippen molar-refractivity contribution in [2.45, 2.75) is 19.9 Å². The van der Waals surface area contributed by atoms with Gasteiger partial charge in [-0.25, -0.2) is 4.98 Å². The molecule has 116 valence electrons. The standard InChI is InChI=1S/C17H21N3OS/c1-13(2)19-8-10-20(11-9-19)17(21)15-12-18-16(22-15)14-6-4-3-5-7-14/h3-7,12-13H,8-11H2,1-2H3. The molecule has 1 aromatic carbocycles. The van der Waals surface area contributed by atoms with E-state index in [1.807, 2.05) is 35.2 Å². The molecular weight excluding hydrogens is 294 g/mol. The van der Waals surface area contributed by atoms with Crippen LogP contribution in [0.2, 0.25) is 0 Å². The van der Waals surface area contributed by atoms with Crippen molar-refractivity contribution in [2.75, 3.05) is 26.2 Å². The molecule has 3 rings (SSSR count). The Kier molecular flexibility index (Phi) is 4.55. The molecule has 22 heavy (non-hydrogen) atoms. The fourth-order valence-electron chi connectivity index (χ4n) is 2.68. The molecule has 2 heterocycles. The second-order valence-electron chi connectivity index (χ2n) is 5.82. The number of nitrogens with zero attached hydrogens (tertiary/aromatic N) is 3. The third-order valence-corrected chi connectivity index (χ3v) is 5.10. The van der Waals surface area contributed by atoms with Crippen molar-refractivity contribution in [3.63, 3.8) is 0 Å². The summed E-state index contributed by atoms with van der Waals surface area (Å²) in [4.78, 5) is 22.1. The quantitative estimate of drug-likeness (QED) is 0.874. The van der Waals surface area contributed by atoms with E-state index in [2.05, 4.69) is 23.7 Å². The molecule has 0 spiro atoms. The molecule has 0 atom stereocenters. The van der Waals surface area contributed by atoms with Gasteiger partial charge in [-0.05, 0) is 13.8 Å². The molecule has 1 aliphatic rings. The molecule has 0 N–H and O–H groups in total. The molecule has 1 aromatic heterocycles. The molecule has 1 aliphatic heterocycles. The second-order valence-corrected chi connectivity index (χ2v) is 6.85. The molecule has 1 saturated heterocycles. The fraction of sp³-hybridized carbons (Fsp3) is 0.412. The number of thiazole rings is 1. The Labute approximate surface area is 135 Å². The van der Waals surface area contributed by atoms with Gasteiger partial charge in [-0.2, -0.15) is 0 Å². The van der Waals surface area contributed by atoms with Crippen LogP contribution in [0.1, 0.15) is 23.5 Å². The van der Waals surface area contributed by atoms with E-state index in [0.717, 1.165) is 41.6 Å². The zero-order valence-corrected chi connectivity index (χ0v) is 13.8. The van der Waals surface area contributed by atoms with Gasteiger partial charge in [0.2, 0.25) is 0 Å². The zero-order chi connectivity index (χ0) is 15.5. The van der Waals surface area contributed by atoms with Crippen LogP contribution >= 0.6 is 11.3 Å². The Morgan fingerprint density at radius 3 is 2.45 bits per heavy atom. The van der Waals surface area contributed by atoms with Crippen LogP contribution in [0.4, 0.5) is 0 Å². The van der Waals surface area contributed by atoms with Crippen LogP contribution in [0, 0.1) is 0 Å². The van der Waals surface area contributed by atoms with Crippen molar-refractivity contribution in [1.82, 2.24) is 14.8 Å². The molecule has 0 radical (unpaired) electrons. The van der Waals surface area contributed by atoms with Crippen LogP contribution in [0.15, 0.2) is 36.5 Å². The number of aromatic nitrogens is 1. The first kappa shape index (κ1) is 15.2. The van der Waals surface area contributed by atoms with Crippen molar-refractivity contribution >= 4 is 17.2 Å². The van der Waals surface area contributed by atoms with Crippen LogP contribution in [0.5, 0.6) is 0 Å². The van der Waals surface area contributed by atoms with E-state index >= 15 is 0 Å². The maximum atomic E-state index is 12.6. The number of carbonyl (C=O) groups is 1. The molecule has 4 nitrogen and oxygen atoms in total. The van der Waals surface area contributed by atoms with Gasteiger partial charge in [-0.15, -0.1) is 11.3 Å². The van der Waals surface area contributed by atoms with Crippen molar-refractivity contribution in [3.8, 4) is 10.6 Å². The van der Waals surface area contributed by atoms with Gasteiger partial charge in [-0.3, -0.25) is 9.69 Å². The maximum absolute atomic E-state index is 12.6. The Balaban J connectivity index is 1.68. The number of piperazine rings is 1. The molecule has 0 saturated carbocycles. The molecule has 0 unspecified atom stereocenters. The van der Waals surface area contributed by atoms with Crippen LogP contribution in [0.25, 0.3) is 10.6 Å². The van der Waals surface area contributed by atoms with E-state index in [-0.39, 0.29) is 5.91 Å². The molecular formula is C17H21N3OS. The van der Waals surface area contributed by atoms with E-state index in [1.54, 1.807) is 6.20 Å². The summed E-state index contributed by atoms with van der Waals surface area (Å²) in [7, 11) is 0. The van der Waals surface area contributed by atoms with Crippen molar-refractivity contribution in [2.24, 2.45) is 0 Å². The van der Waals surface area contributed by atoms with E-state index in [9.17, 15) is 4.79 Å². The lowest BCUT2D eigenvalue weighted by Gasteiger charge is -2.36. The minimum atomic E-state index is 0.114. The van der Waals surface area contributed by atoms with Crippen molar-refractivity contribution < 1.29 is 4.79 Å². The first-order chi connectivity index (χ1) is 10.6. The third-order valence-electron chi connectivity index (χ3n) is 4.07. The van der Waals surface area contributed by atoms with E-state index < -0.39 is 0 Å². The lowest BCUT2D eigenvalue weighted by molar-refractivity contribution is 0.0600. The number of carbonyl (C=O) groups excluding carboxylic acids is 1. The largest absolute Gasteiger partial charge is 0.335 e. The van der Waals surface area contributed by atoms with Crippen LogP contribution in [-0.2, 0) is 0 Å². The molecule has 1 amide bonds. The second kappa shape index (κ2) is 6.58. The Bertz CT molecular complexity index is 630. The highest BCUT2D eigenvalue weighted by atomic mass is 32.1. The highest BCUT2D eigenvalue weighted by Gasteiger charge is 2.24. The third kappa shape index (κ3) is 3.20. The molecule has 0 aliphatic carbocycles. The van der Waals surface area contributed by atoms with Crippen molar-refractivity contribution in [1.29, 1.82) is 0 Å². The predicted octanol–water partition coefficient (Wildman–Crippen LogP) is 2.98. The normalized spacial score (nSPS) is 16.2. The first-order valence-electron chi connectivity index (χ1n) is 7.69. The van der Waals surface area contributed by atoms with Gasteiger partial charge in [0, 0.05) is 37.8 Å². The number of benzene rings is 1. The summed E-state index contributed by atoms with van der Waals surface area (Å²) in [6.45, 7) is 7.91. The lowest BCUT2D eigenvalue weighted by Crippen LogP contribution is -2.50.